The van der Waals surface area contributed by atoms with Crippen LogP contribution in [0.1, 0.15) is 27.2 Å². The molecule has 6 nitrogen and oxygen atoms in total. The quantitative estimate of drug-likeness (QED) is 0.706. The van der Waals surface area contributed by atoms with E-state index < -0.39 is 10.0 Å². The molecule has 0 fully saturated rings. The Hall–Kier alpha value is -2.77. The summed E-state index contributed by atoms with van der Waals surface area (Å²) in [5.74, 6) is -0.155. The second-order valence-electron chi connectivity index (χ2n) is 6.53. The summed E-state index contributed by atoms with van der Waals surface area (Å²) in [5.41, 5.74) is 4.16. The Kier molecular flexibility index (Phi) is 5.25. The number of pyridine rings is 1. The molecule has 1 aromatic heterocycles. The van der Waals surface area contributed by atoms with Crippen molar-refractivity contribution in [3.63, 3.8) is 0 Å². The molecule has 1 amide bonds. The van der Waals surface area contributed by atoms with Gasteiger partial charge in [-0.2, -0.15) is 0 Å². The standard InChI is InChI=1S/C20H21N3O3S/c1-13-3-8-19-17(11-13)18(12-14(2)23-19)20(24)22-10-9-15-4-6-16(7-5-15)27(21,25)26/h3-8,11-12H,9-10H2,1-2H3,(H,22,24)(H2,21,25,26). The van der Waals surface area contributed by atoms with Crippen molar-refractivity contribution in [3.8, 4) is 0 Å². The van der Waals surface area contributed by atoms with E-state index in [-0.39, 0.29) is 10.8 Å². The van der Waals surface area contributed by atoms with Gasteiger partial charge in [-0.25, -0.2) is 13.6 Å². The first-order chi connectivity index (χ1) is 12.7. The molecule has 0 saturated heterocycles. The van der Waals surface area contributed by atoms with Gasteiger partial charge in [0.1, 0.15) is 0 Å². The van der Waals surface area contributed by atoms with E-state index in [9.17, 15) is 13.2 Å². The Morgan fingerprint density at radius 1 is 1.07 bits per heavy atom. The number of nitrogens with zero attached hydrogens (tertiary/aromatic N) is 1. The Morgan fingerprint density at radius 2 is 1.78 bits per heavy atom. The molecule has 0 aliphatic heterocycles. The molecular formula is C20H21N3O3S. The lowest BCUT2D eigenvalue weighted by Gasteiger charge is -2.10. The van der Waals surface area contributed by atoms with Crippen LogP contribution in [0.2, 0.25) is 0 Å². The van der Waals surface area contributed by atoms with Gasteiger partial charge in [0.25, 0.3) is 5.91 Å². The van der Waals surface area contributed by atoms with Crippen LogP contribution in [0.4, 0.5) is 0 Å². The monoisotopic (exact) mass is 383 g/mol. The number of primary sulfonamides is 1. The molecule has 0 aliphatic carbocycles. The zero-order valence-electron chi connectivity index (χ0n) is 15.2. The van der Waals surface area contributed by atoms with Crippen molar-refractivity contribution in [2.45, 2.75) is 25.2 Å². The third-order valence-electron chi connectivity index (χ3n) is 4.29. The summed E-state index contributed by atoms with van der Waals surface area (Å²) < 4.78 is 22.6. The number of amides is 1. The second-order valence-corrected chi connectivity index (χ2v) is 8.09. The SMILES string of the molecule is Cc1ccc2nc(C)cc(C(=O)NCCc3ccc(S(N)(=O)=O)cc3)c2c1. The third-order valence-corrected chi connectivity index (χ3v) is 5.22. The maximum atomic E-state index is 12.7. The largest absolute Gasteiger partial charge is 0.352 e. The van der Waals surface area contributed by atoms with Crippen molar-refractivity contribution in [1.29, 1.82) is 0 Å². The first-order valence-electron chi connectivity index (χ1n) is 8.52. The Balaban J connectivity index is 1.71. The van der Waals surface area contributed by atoms with Gasteiger partial charge in [0.05, 0.1) is 16.0 Å². The molecule has 0 aliphatic rings. The predicted octanol–water partition coefficient (Wildman–Crippen LogP) is 2.47. The highest BCUT2D eigenvalue weighted by atomic mass is 32.2. The van der Waals surface area contributed by atoms with Crippen molar-refractivity contribution in [1.82, 2.24) is 10.3 Å². The van der Waals surface area contributed by atoms with E-state index in [0.717, 1.165) is 27.7 Å². The minimum Gasteiger partial charge on any atom is -0.352 e. The zero-order valence-corrected chi connectivity index (χ0v) is 16.0. The number of aryl methyl sites for hydroxylation is 2. The molecule has 7 heteroatoms. The predicted molar refractivity (Wildman–Crippen MR) is 105 cm³/mol. The summed E-state index contributed by atoms with van der Waals surface area (Å²) in [4.78, 5) is 17.2. The van der Waals surface area contributed by atoms with E-state index in [4.69, 9.17) is 5.14 Å². The van der Waals surface area contributed by atoms with Crippen LogP contribution in [-0.2, 0) is 16.4 Å². The molecule has 3 N–H and O–H groups in total. The lowest BCUT2D eigenvalue weighted by atomic mass is 10.0. The number of hydrogen-bond acceptors (Lipinski definition) is 4. The Morgan fingerprint density at radius 3 is 2.44 bits per heavy atom. The Bertz CT molecular complexity index is 1110. The lowest BCUT2D eigenvalue weighted by molar-refractivity contribution is 0.0955. The van der Waals surface area contributed by atoms with Crippen LogP contribution in [0.15, 0.2) is 53.4 Å². The van der Waals surface area contributed by atoms with Crippen molar-refractivity contribution < 1.29 is 13.2 Å². The van der Waals surface area contributed by atoms with Crippen molar-refractivity contribution in [2.75, 3.05) is 6.54 Å². The molecule has 3 aromatic rings. The van der Waals surface area contributed by atoms with Crippen LogP contribution in [0.3, 0.4) is 0 Å². The normalized spacial score (nSPS) is 11.5. The first kappa shape index (κ1) is 19.0. The molecule has 1 heterocycles. The fourth-order valence-electron chi connectivity index (χ4n) is 2.92. The number of hydrogen-bond donors (Lipinski definition) is 2. The summed E-state index contributed by atoms with van der Waals surface area (Å²) in [6.07, 6.45) is 0.581. The minimum atomic E-state index is -3.69. The van der Waals surface area contributed by atoms with Gasteiger partial charge in [-0.3, -0.25) is 9.78 Å². The lowest BCUT2D eigenvalue weighted by Crippen LogP contribution is -2.26. The highest BCUT2D eigenvalue weighted by molar-refractivity contribution is 7.89. The summed E-state index contributed by atoms with van der Waals surface area (Å²) in [7, 11) is -3.69. The number of fused-ring (bicyclic) bond motifs is 1. The number of sulfonamides is 1. The first-order valence-corrected chi connectivity index (χ1v) is 10.1. The molecule has 0 unspecified atom stereocenters. The summed E-state index contributed by atoms with van der Waals surface area (Å²) >= 11 is 0. The zero-order chi connectivity index (χ0) is 19.6. The van der Waals surface area contributed by atoms with Gasteiger partial charge in [-0.15, -0.1) is 0 Å². The summed E-state index contributed by atoms with van der Waals surface area (Å²) in [6, 6.07) is 14.0. The van der Waals surface area contributed by atoms with Gasteiger partial charge in [-0.1, -0.05) is 23.8 Å². The number of carbonyl (C=O) groups excluding carboxylic acids is 1. The molecule has 0 radical (unpaired) electrons. The van der Waals surface area contributed by atoms with E-state index in [1.54, 1.807) is 18.2 Å². The highest BCUT2D eigenvalue weighted by Crippen LogP contribution is 2.20. The summed E-state index contributed by atoms with van der Waals surface area (Å²) in [6.45, 7) is 4.28. The Labute approximate surface area is 158 Å². The van der Waals surface area contributed by atoms with Crippen molar-refractivity contribution in [3.05, 3.63) is 70.9 Å². The van der Waals surface area contributed by atoms with Crippen molar-refractivity contribution >= 4 is 26.8 Å². The molecule has 0 bridgehead atoms. The van der Waals surface area contributed by atoms with Crippen LogP contribution in [0.25, 0.3) is 10.9 Å². The smallest absolute Gasteiger partial charge is 0.252 e. The number of benzene rings is 2. The molecule has 2 aromatic carbocycles. The third kappa shape index (κ3) is 4.50. The van der Waals surface area contributed by atoms with Gasteiger partial charge in [0.2, 0.25) is 10.0 Å². The number of carbonyl (C=O) groups is 1. The molecule has 0 atom stereocenters. The van der Waals surface area contributed by atoms with Gasteiger partial charge in [-0.05, 0) is 56.2 Å². The molecule has 27 heavy (non-hydrogen) atoms. The maximum Gasteiger partial charge on any atom is 0.252 e. The minimum absolute atomic E-state index is 0.0735. The van der Waals surface area contributed by atoms with E-state index >= 15 is 0 Å². The number of aromatic nitrogens is 1. The average molecular weight is 383 g/mol. The van der Waals surface area contributed by atoms with Gasteiger partial charge in [0.15, 0.2) is 0 Å². The molecular weight excluding hydrogens is 362 g/mol. The van der Waals surface area contributed by atoms with Crippen LogP contribution in [-0.4, -0.2) is 25.9 Å². The summed E-state index contributed by atoms with van der Waals surface area (Å²) in [5, 5.41) is 8.84. The molecule has 0 spiro atoms. The van der Waals surface area contributed by atoms with Crippen molar-refractivity contribution in [2.24, 2.45) is 5.14 Å². The van der Waals surface area contributed by atoms with Crippen LogP contribution in [0.5, 0.6) is 0 Å². The molecule has 3 rings (SSSR count). The van der Waals surface area contributed by atoms with E-state index in [1.165, 1.54) is 12.1 Å². The number of rotatable bonds is 5. The average Bonchev–Trinajstić information content (AvgIpc) is 2.61. The molecule has 0 saturated carbocycles. The fraction of sp³-hybridized carbons (Fsp3) is 0.200. The van der Waals surface area contributed by atoms with Crippen LogP contribution < -0.4 is 10.5 Å². The molecule has 140 valence electrons. The van der Waals surface area contributed by atoms with E-state index in [2.05, 4.69) is 10.3 Å². The maximum absolute atomic E-state index is 12.7. The highest BCUT2D eigenvalue weighted by Gasteiger charge is 2.12. The van der Waals surface area contributed by atoms with Crippen LogP contribution >= 0.6 is 0 Å². The van der Waals surface area contributed by atoms with E-state index in [1.807, 2.05) is 32.0 Å². The topological polar surface area (TPSA) is 102 Å². The van der Waals surface area contributed by atoms with Gasteiger partial charge in [0, 0.05) is 17.6 Å². The second kappa shape index (κ2) is 7.46. The number of nitrogens with two attached hydrogens (primary N) is 1. The number of nitrogens with one attached hydrogen (secondary N) is 1. The fourth-order valence-corrected chi connectivity index (χ4v) is 3.44. The van der Waals surface area contributed by atoms with Crippen LogP contribution in [0, 0.1) is 13.8 Å². The van der Waals surface area contributed by atoms with Gasteiger partial charge < -0.3 is 5.32 Å². The van der Waals surface area contributed by atoms with E-state index in [0.29, 0.717) is 18.5 Å². The van der Waals surface area contributed by atoms with Gasteiger partial charge >= 0.3 is 0 Å².